The molecule has 0 amide bonds. The van der Waals surface area contributed by atoms with Gasteiger partial charge >= 0.3 is 15.2 Å². The van der Waals surface area contributed by atoms with Crippen LogP contribution in [-0.4, -0.2) is 73.0 Å². The third-order valence-electron chi connectivity index (χ3n) is 1.44. The van der Waals surface area contributed by atoms with Crippen LogP contribution in [0.2, 0.25) is 0 Å². The maximum absolute atomic E-state index is 10.5. The van der Waals surface area contributed by atoms with Gasteiger partial charge in [-0.25, -0.2) is 0 Å². The van der Waals surface area contributed by atoms with Gasteiger partial charge in [-0.3, -0.25) is 9.13 Å². The minimum Gasteiger partial charge on any atom is -0.324 e. The summed E-state index contributed by atoms with van der Waals surface area (Å²) < 4.78 is 20.9. The zero-order valence-corrected chi connectivity index (χ0v) is 15.0. The van der Waals surface area contributed by atoms with Crippen molar-refractivity contribution in [2.75, 3.05) is 23.8 Å². The standard InChI is InChI=1S/C6H16O6P2S2.Na/c7-13(8,9)3-1-5-15-16-6-2-4-14(10,11)12;/h1-6H2,(H2,7,8,9)(H2,10,11,12);. The summed E-state index contributed by atoms with van der Waals surface area (Å²) in [5.41, 5.74) is 0. The van der Waals surface area contributed by atoms with Crippen molar-refractivity contribution in [2.45, 2.75) is 12.8 Å². The molecular formula is C6H16NaO6P2S2. The summed E-state index contributed by atoms with van der Waals surface area (Å²) in [4.78, 5) is 34.2. The van der Waals surface area contributed by atoms with Crippen LogP contribution in [0, 0.1) is 0 Å². The number of hydrogen-bond donors (Lipinski definition) is 4. The average Bonchev–Trinajstić information content (AvgIpc) is 2.06. The Hall–Kier alpha value is 2.00. The van der Waals surface area contributed by atoms with Gasteiger partial charge in [0.2, 0.25) is 0 Å². The summed E-state index contributed by atoms with van der Waals surface area (Å²) in [6, 6.07) is 0. The van der Waals surface area contributed by atoms with Crippen molar-refractivity contribution in [1.29, 1.82) is 0 Å². The van der Waals surface area contributed by atoms with E-state index in [0.717, 1.165) is 0 Å². The predicted molar refractivity (Wildman–Crippen MR) is 73.7 cm³/mol. The molecule has 0 heterocycles. The second-order valence-corrected chi connectivity index (χ2v) is 9.38. The first-order valence-corrected chi connectivity index (χ1v) is 10.6. The van der Waals surface area contributed by atoms with E-state index in [1.165, 1.54) is 21.6 Å². The Morgan fingerprint density at radius 1 is 0.765 bits per heavy atom. The van der Waals surface area contributed by atoms with Gasteiger partial charge < -0.3 is 19.6 Å². The quantitative estimate of drug-likeness (QED) is 0.215. The van der Waals surface area contributed by atoms with Gasteiger partial charge in [-0.05, 0) is 12.8 Å². The molecule has 0 fully saturated rings. The van der Waals surface area contributed by atoms with Crippen LogP contribution >= 0.6 is 36.8 Å². The summed E-state index contributed by atoms with van der Waals surface area (Å²) in [6.07, 6.45) is 0.674. The largest absolute Gasteiger partial charge is 0.325 e. The molecule has 0 aromatic rings. The second-order valence-electron chi connectivity index (χ2n) is 3.13. The van der Waals surface area contributed by atoms with Crippen molar-refractivity contribution in [3.63, 3.8) is 0 Å². The smallest absolute Gasteiger partial charge is 0.324 e. The second kappa shape index (κ2) is 10.7. The van der Waals surface area contributed by atoms with Crippen molar-refractivity contribution in [3.8, 4) is 0 Å². The fraction of sp³-hybridized carbons (Fsp3) is 1.00. The normalized spacial score (nSPS) is 12.2. The minimum atomic E-state index is -3.87. The maximum atomic E-state index is 10.5. The van der Waals surface area contributed by atoms with Crippen LogP contribution in [0.1, 0.15) is 12.8 Å². The van der Waals surface area contributed by atoms with E-state index in [4.69, 9.17) is 19.6 Å². The molecule has 0 rings (SSSR count). The van der Waals surface area contributed by atoms with Crippen molar-refractivity contribution in [2.24, 2.45) is 0 Å². The summed E-state index contributed by atoms with van der Waals surface area (Å²) >= 11 is 0. The van der Waals surface area contributed by atoms with Gasteiger partial charge in [0.1, 0.15) is 0 Å². The summed E-state index contributed by atoms with van der Waals surface area (Å²) in [5, 5.41) is 0. The average molecular weight is 333 g/mol. The third-order valence-corrected chi connectivity index (χ3v) is 5.81. The van der Waals surface area contributed by atoms with Gasteiger partial charge in [-0.1, -0.05) is 21.6 Å². The molecular weight excluding hydrogens is 317 g/mol. The van der Waals surface area contributed by atoms with Crippen LogP contribution < -0.4 is 0 Å². The van der Waals surface area contributed by atoms with Crippen LogP contribution in [0.4, 0.5) is 0 Å². The third kappa shape index (κ3) is 20.5. The first-order chi connectivity index (χ1) is 7.21. The molecule has 17 heavy (non-hydrogen) atoms. The van der Waals surface area contributed by atoms with Gasteiger partial charge in [0.05, 0.1) is 12.3 Å². The fourth-order valence-electron chi connectivity index (χ4n) is 0.777. The Morgan fingerprint density at radius 3 is 1.29 bits per heavy atom. The molecule has 0 aliphatic carbocycles. The Morgan fingerprint density at radius 2 is 1.06 bits per heavy atom. The molecule has 0 aliphatic heterocycles. The zero-order chi connectivity index (χ0) is 12.7. The van der Waals surface area contributed by atoms with E-state index in [1.807, 2.05) is 0 Å². The van der Waals surface area contributed by atoms with Crippen LogP contribution in [0.5, 0.6) is 0 Å². The Kier molecular flexibility index (Phi) is 13.5. The molecule has 6 nitrogen and oxygen atoms in total. The molecule has 0 atom stereocenters. The predicted octanol–water partition coefficient (Wildman–Crippen LogP) is 1.12. The van der Waals surface area contributed by atoms with Gasteiger partial charge in [0.15, 0.2) is 0 Å². The van der Waals surface area contributed by atoms with Crippen LogP contribution in [0.15, 0.2) is 0 Å². The molecule has 11 heteroatoms. The zero-order valence-electron chi connectivity index (χ0n) is 9.56. The van der Waals surface area contributed by atoms with Gasteiger partial charge in [0, 0.05) is 41.1 Å². The molecule has 1 radical (unpaired) electrons. The number of rotatable bonds is 9. The topological polar surface area (TPSA) is 115 Å². The first kappa shape index (κ1) is 21.3. The van der Waals surface area contributed by atoms with E-state index >= 15 is 0 Å². The van der Waals surface area contributed by atoms with Gasteiger partial charge in [-0.15, -0.1) is 0 Å². The molecule has 0 aliphatic rings. The molecule has 0 unspecified atom stereocenters. The molecule has 0 bridgehead atoms. The first-order valence-electron chi connectivity index (χ1n) is 4.54. The van der Waals surface area contributed by atoms with Crippen LogP contribution in [-0.2, 0) is 9.13 Å². The summed E-state index contributed by atoms with van der Waals surface area (Å²) in [7, 11) is -4.82. The van der Waals surface area contributed by atoms with Crippen molar-refractivity contribution in [3.05, 3.63) is 0 Å². The monoisotopic (exact) mass is 333 g/mol. The maximum Gasteiger partial charge on any atom is 0.325 e. The van der Waals surface area contributed by atoms with Crippen molar-refractivity contribution >= 4 is 66.3 Å². The molecule has 0 saturated carbocycles. The summed E-state index contributed by atoms with van der Waals surface area (Å²) in [5.74, 6) is 1.26. The minimum absolute atomic E-state index is 0. The molecule has 0 aromatic heterocycles. The Balaban J connectivity index is 0. The van der Waals surface area contributed by atoms with E-state index in [-0.39, 0.29) is 41.9 Å². The SMILES string of the molecule is O=P(O)(O)CCCSSCCCP(=O)(O)O.[Na]. The van der Waals surface area contributed by atoms with Crippen molar-refractivity contribution < 1.29 is 28.7 Å². The van der Waals surface area contributed by atoms with E-state index in [9.17, 15) is 9.13 Å². The molecule has 99 valence electrons. The fourth-order valence-corrected chi connectivity index (χ4v) is 4.52. The van der Waals surface area contributed by atoms with Crippen LogP contribution in [0.25, 0.3) is 0 Å². The summed E-state index contributed by atoms with van der Waals surface area (Å²) in [6.45, 7) is 0. The van der Waals surface area contributed by atoms with Crippen LogP contribution in [0.3, 0.4) is 0 Å². The van der Waals surface area contributed by atoms with E-state index in [2.05, 4.69) is 0 Å². The van der Waals surface area contributed by atoms with E-state index in [1.54, 1.807) is 0 Å². The Labute approximate surface area is 131 Å². The van der Waals surface area contributed by atoms with Gasteiger partial charge in [-0.2, -0.15) is 0 Å². The van der Waals surface area contributed by atoms with Gasteiger partial charge in [0.25, 0.3) is 0 Å². The Bertz CT molecular complexity index is 252. The molecule has 0 saturated heterocycles. The van der Waals surface area contributed by atoms with Crippen molar-refractivity contribution in [1.82, 2.24) is 0 Å². The molecule has 0 spiro atoms. The number of hydrogen-bond acceptors (Lipinski definition) is 4. The molecule has 4 N–H and O–H groups in total. The molecule has 0 aromatic carbocycles. The van der Waals surface area contributed by atoms with E-state index in [0.29, 0.717) is 24.3 Å². The van der Waals surface area contributed by atoms with E-state index < -0.39 is 15.2 Å².